The van der Waals surface area contributed by atoms with Gasteiger partial charge in [0.2, 0.25) is 0 Å². The second-order valence-corrected chi connectivity index (χ2v) is 11.3. The summed E-state index contributed by atoms with van der Waals surface area (Å²) < 4.78 is 10.9. The first-order chi connectivity index (χ1) is 12.0. The Morgan fingerprint density at radius 3 is 2.40 bits per heavy atom. The monoisotopic (exact) mass is 358 g/mol. The molecule has 0 bridgehead atoms. The van der Waals surface area contributed by atoms with Crippen LogP contribution in [0.4, 0.5) is 0 Å². The molecule has 134 valence electrons. The van der Waals surface area contributed by atoms with Crippen molar-refractivity contribution in [2.75, 3.05) is 13.3 Å². The van der Waals surface area contributed by atoms with E-state index < -0.39 is 8.07 Å². The van der Waals surface area contributed by atoms with Gasteiger partial charge in [-0.05, 0) is 23.6 Å². The number of esters is 1. The van der Waals surface area contributed by atoms with Gasteiger partial charge in [0.15, 0.2) is 0 Å². The number of aliphatic hydroxyl groups excluding tert-OH is 1. The molecule has 0 radical (unpaired) electrons. The van der Waals surface area contributed by atoms with E-state index in [2.05, 4.69) is 25.2 Å². The van der Waals surface area contributed by atoms with Crippen LogP contribution in [0.25, 0.3) is 0 Å². The van der Waals surface area contributed by atoms with E-state index in [1.54, 1.807) is 0 Å². The molecule has 0 amide bonds. The molecule has 0 saturated carbocycles. The Labute approximate surface area is 150 Å². The summed E-state index contributed by atoms with van der Waals surface area (Å²) >= 11 is 0. The van der Waals surface area contributed by atoms with E-state index in [1.165, 1.54) is 12.3 Å². The third kappa shape index (κ3) is 5.44. The standard InChI is InChI=1S/C20H26O4Si/c1-23-20(22)13-10-17-6-4-5-7-19(17)24-15-25(2,3)18-11-8-16(14-21)9-12-18/h4-9,11-12,21H,10,13-15H2,1-3H3. The van der Waals surface area contributed by atoms with Crippen molar-refractivity contribution in [2.45, 2.75) is 32.5 Å². The summed E-state index contributed by atoms with van der Waals surface area (Å²) in [4.78, 5) is 11.4. The second kappa shape index (κ2) is 8.83. The Morgan fingerprint density at radius 1 is 1.08 bits per heavy atom. The highest BCUT2D eigenvalue weighted by atomic mass is 28.3. The van der Waals surface area contributed by atoms with Crippen LogP contribution in [0.2, 0.25) is 13.1 Å². The third-order valence-corrected chi connectivity index (χ3v) is 7.07. The molecular formula is C20H26O4Si. The maximum absolute atomic E-state index is 11.4. The molecule has 0 unspecified atom stereocenters. The van der Waals surface area contributed by atoms with E-state index in [4.69, 9.17) is 9.47 Å². The summed E-state index contributed by atoms with van der Waals surface area (Å²) in [7, 11) is -0.364. The summed E-state index contributed by atoms with van der Waals surface area (Å²) in [6, 6.07) is 15.9. The number of methoxy groups -OCH3 is 1. The maximum Gasteiger partial charge on any atom is 0.305 e. The van der Waals surface area contributed by atoms with E-state index in [-0.39, 0.29) is 12.6 Å². The summed E-state index contributed by atoms with van der Waals surface area (Å²) in [6.45, 7) is 4.59. The third-order valence-electron chi connectivity index (χ3n) is 4.31. The number of hydrogen-bond donors (Lipinski definition) is 1. The highest BCUT2D eigenvalue weighted by molar-refractivity contribution is 6.89. The lowest BCUT2D eigenvalue weighted by Crippen LogP contribution is -2.47. The Balaban J connectivity index is 2.05. The molecule has 25 heavy (non-hydrogen) atoms. The molecule has 2 rings (SSSR count). The molecule has 0 aromatic heterocycles. The second-order valence-electron chi connectivity index (χ2n) is 6.71. The quantitative estimate of drug-likeness (QED) is 0.582. The molecule has 5 heteroatoms. The van der Waals surface area contributed by atoms with Crippen LogP contribution in [0.15, 0.2) is 48.5 Å². The normalized spacial score (nSPS) is 11.2. The van der Waals surface area contributed by atoms with Gasteiger partial charge < -0.3 is 14.6 Å². The largest absolute Gasteiger partial charge is 0.496 e. The van der Waals surface area contributed by atoms with Crippen molar-refractivity contribution in [3.05, 3.63) is 59.7 Å². The van der Waals surface area contributed by atoms with Gasteiger partial charge in [-0.15, -0.1) is 0 Å². The van der Waals surface area contributed by atoms with Crippen molar-refractivity contribution in [3.63, 3.8) is 0 Å². The van der Waals surface area contributed by atoms with Crippen LogP contribution in [0.3, 0.4) is 0 Å². The molecule has 0 saturated heterocycles. The van der Waals surface area contributed by atoms with Crippen LogP contribution in [-0.2, 0) is 22.6 Å². The predicted molar refractivity (Wildman–Crippen MR) is 102 cm³/mol. The van der Waals surface area contributed by atoms with Gasteiger partial charge in [0, 0.05) is 6.42 Å². The van der Waals surface area contributed by atoms with Gasteiger partial charge in [0.05, 0.1) is 19.9 Å². The first-order valence-corrected chi connectivity index (χ1v) is 11.6. The smallest absolute Gasteiger partial charge is 0.305 e. The van der Waals surface area contributed by atoms with E-state index >= 15 is 0 Å². The van der Waals surface area contributed by atoms with Crippen LogP contribution in [-0.4, -0.2) is 32.5 Å². The van der Waals surface area contributed by atoms with Gasteiger partial charge >= 0.3 is 5.97 Å². The van der Waals surface area contributed by atoms with E-state index in [1.807, 2.05) is 36.4 Å². The first-order valence-electron chi connectivity index (χ1n) is 8.44. The summed E-state index contributed by atoms with van der Waals surface area (Å²) in [5.74, 6) is 0.618. The molecule has 4 nitrogen and oxygen atoms in total. The van der Waals surface area contributed by atoms with Gasteiger partial charge in [-0.3, -0.25) is 4.79 Å². The van der Waals surface area contributed by atoms with Crippen molar-refractivity contribution in [2.24, 2.45) is 0 Å². The molecule has 0 aliphatic rings. The Bertz CT molecular complexity index is 695. The fraction of sp³-hybridized carbons (Fsp3) is 0.350. The van der Waals surface area contributed by atoms with Gasteiger partial charge in [-0.1, -0.05) is 60.7 Å². The van der Waals surface area contributed by atoms with Crippen molar-refractivity contribution >= 4 is 19.2 Å². The number of ether oxygens (including phenoxy) is 2. The molecule has 0 atom stereocenters. The molecule has 0 aliphatic carbocycles. The zero-order valence-electron chi connectivity index (χ0n) is 15.1. The Morgan fingerprint density at radius 2 is 1.76 bits per heavy atom. The Hall–Kier alpha value is -2.11. The number of aryl methyl sites for hydroxylation is 1. The van der Waals surface area contributed by atoms with Crippen LogP contribution in [0, 0.1) is 0 Å². The van der Waals surface area contributed by atoms with Crippen LogP contribution in [0.1, 0.15) is 17.5 Å². The van der Waals surface area contributed by atoms with Crippen molar-refractivity contribution < 1.29 is 19.4 Å². The molecule has 0 fully saturated rings. The average molecular weight is 359 g/mol. The van der Waals surface area contributed by atoms with Gasteiger partial charge in [-0.2, -0.15) is 0 Å². The zero-order chi connectivity index (χ0) is 18.3. The number of para-hydroxylation sites is 1. The van der Waals surface area contributed by atoms with Crippen molar-refractivity contribution in [3.8, 4) is 5.75 Å². The van der Waals surface area contributed by atoms with E-state index in [0.717, 1.165) is 16.9 Å². The number of hydrogen-bond acceptors (Lipinski definition) is 4. The van der Waals surface area contributed by atoms with Crippen LogP contribution < -0.4 is 9.92 Å². The number of benzene rings is 2. The fourth-order valence-corrected chi connectivity index (χ4v) is 4.34. The highest BCUT2D eigenvalue weighted by Gasteiger charge is 2.25. The maximum atomic E-state index is 11.4. The lowest BCUT2D eigenvalue weighted by molar-refractivity contribution is -0.140. The molecule has 0 spiro atoms. The number of rotatable bonds is 8. The van der Waals surface area contributed by atoms with Gasteiger partial charge in [0.25, 0.3) is 0 Å². The van der Waals surface area contributed by atoms with Crippen LogP contribution >= 0.6 is 0 Å². The summed E-state index contributed by atoms with van der Waals surface area (Å²) in [5.41, 5.74) is 1.94. The number of carbonyl (C=O) groups excluding carboxylic acids is 1. The minimum Gasteiger partial charge on any atom is -0.496 e. The summed E-state index contributed by atoms with van der Waals surface area (Å²) in [5, 5.41) is 10.5. The number of carbonyl (C=O) groups is 1. The molecule has 2 aromatic rings. The number of aliphatic hydroxyl groups is 1. The Kier molecular flexibility index (Phi) is 6.79. The molecule has 1 N–H and O–H groups in total. The average Bonchev–Trinajstić information content (AvgIpc) is 2.65. The molecule has 2 aromatic carbocycles. The minimum absolute atomic E-state index is 0.0618. The van der Waals surface area contributed by atoms with E-state index in [9.17, 15) is 9.90 Å². The van der Waals surface area contributed by atoms with Gasteiger partial charge in [0.1, 0.15) is 13.8 Å². The topological polar surface area (TPSA) is 55.8 Å². The fourth-order valence-electron chi connectivity index (χ4n) is 2.59. The predicted octanol–water partition coefficient (Wildman–Crippen LogP) is 2.82. The summed E-state index contributed by atoms with van der Waals surface area (Å²) in [6.07, 6.45) is 1.61. The SMILES string of the molecule is COC(=O)CCc1ccccc1OC[Si](C)(C)c1ccc(CO)cc1. The van der Waals surface area contributed by atoms with Crippen molar-refractivity contribution in [1.82, 2.24) is 0 Å². The molecule has 0 aliphatic heterocycles. The highest BCUT2D eigenvalue weighted by Crippen LogP contribution is 2.21. The van der Waals surface area contributed by atoms with E-state index in [0.29, 0.717) is 19.1 Å². The molecular weight excluding hydrogens is 332 g/mol. The lowest BCUT2D eigenvalue weighted by Gasteiger charge is -2.24. The zero-order valence-corrected chi connectivity index (χ0v) is 16.1. The van der Waals surface area contributed by atoms with Crippen LogP contribution in [0.5, 0.6) is 5.75 Å². The van der Waals surface area contributed by atoms with Crippen molar-refractivity contribution in [1.29, 1.82) is 0 Å². The lowest BCUT2D eigenvalue weighted by atomic mass is 10.1. The molecule has 0 heterocycles. The van der Waals surface area contributed by atoms with Gasteiger partial charge in [-0.25, -0.2) is 0 Å². The minimum atomic E-state index is -1.77. The first kappa shape index (κ1) is 19.2.